The minimum absolute atomic E-state index is 0. The van der Waals surface area contributed by atoms with E-state index in [0.29, 0.717) is 22.2 Å². The summed E-state index contributed by atoms with van der Waals surface area (Å²) in [5.74, 6) is -1.35. The third-order valence-electron chi connectivity index (χ3n) is 3.49. The van der Waals surface area contributed by atoms with Crippen molar-refractivity contribution in [2.24, 2.45) is 5.73 Å². The quantitative estimate of drug-likeness (QED) is 0.763. The Morgan fingerprint density at radius 2 is 1.96 bits per heavy atom. The van der Waals surface area contributed by atoms with E-state index < -0.39 is 17.5 Å². The maximum absolute atomic E-state index is 14.0. The maximum atomic E-state index is 14.0. The zero-order valence-electron chi connectivity index (χ0n) is 12.5. The maximum Gasteiger partial charge on any atom is 0.126 e. The first-order valence-corrected chi connectivity index (χ1v) is 7.03. The van der Waals surface area contributed by atoms with E-state index >= 15 is 0 Å². The standard InChI is InChI=1S/C17H14F3N3.ClH/c18-12-3-1-2-11(6-12)15-7-14(20)8-16-17(15)22-10-23(16)9-13(19)4-5-21;/h1-4,6-8,10H,5,9,21H2;1H/b13-4-;. The topological polar surface area (TPSA) is 43.8 Å². The van der Waals surface area contributed by atoms with Gasteiger partial charge in [0, 0.05) is 12.1 Å². The number of aromatic nitrogens is 2. The molecule has 7 heteroatoms. The van der Waals surface area contributed by atoms with E-state index in [1.807, 2.05) is 0 Å². The Morgan fingerprint density at radius 1 is 1.17 bits per heavy atom. The predicted octanol–water partition coefficient (Wildman–Crippen LogP) is 4.22. The molecular weight excluding hydrogens is 339 g/mol. The van der Waals surface area contributed by atoms with Gasteiger partial charge in [0.15, 0.2) is 0 Å². The molecule has 3 nitrogen and oxygen atoms in total. The molecule has 1 aromatic heterocycles. The monoisotopic (exact) mass is 353 g/mol. The summed E-state index contributed by atoms with van der Waals surface area (Å²) in [6, 6.07) is 8.41. The molecule has 0 radical (unpaired) electrons. The average Bonchev–Trinajstić information content (AvgIpc) is 2.89. The lowest BCUT2D eigenvalue weighted by atomic mass is 10.0. The Hall–Kier alpha value is -2.31. The number of allylic oxidation sites excluding steroid dienone is 1. The summed E-state index contributed by atoms with van der Waals surface area (Å²) in [7, 11) is 0. The molecule has 3 aromatic rings. The molecule has 1 heterocycles. The largest absolute Gasteiger partial charge is 0.327 e. The van der Waals surface area contributed by atoms with Gasteiger partial charge < -0.3 is 10.3 Å². The van der Waals surface area contributed by atoms with Crippen LogP contribution in [0.3, 0.4) is 0 Å². The SMILES string of the molecule is Cl.NC/C=C(\F)Cn1cnc2c(-c3cccc(F)c3)cc(F)cc21. The first kappa shape index (κ1) is 18.0. The molecule has 2 aromatic carbocycles. The summed E-state index contributed by atoms with van der Waals surface area (Å²) in [6.07, 6.45) is 2.68. The van der Waals surface area contributed by atoms with Crippen LogP contribution in [0.25, 0.3) is 22.2 Å². The van der Waals surface area contributed by atoms with Crippen molar-refractivity contribution in [2.45, 2.75) is 6.54 Å². The zero-order chi connectivity index (χ0) is 16.4. The lowest BCUT2D eigenvalue weighted by Gasteiger charge is -2.06. The zero-order valence-corrected chi connectivity index (χ0v) is 13.4. The van der Waals surface area contributed by atoms with E-state index in [1.54, 1.807) is 12.1 Å². The highest BCUT2D eigenvalue weighted by molar-refractivity contribution is 5.92. The van der Waals surface area contributed by atoms with Crippen molar-refractivity contribution in [1.82, 2.24) is 9.55 Å². The van der Waals surface area contributed by atoms with Gasteiger partial charge in [0.05, 0.1) is 23.9 Å². The molecule has 0 fully saturated rings. The number of imidazole rings is 1. The summed E-state index contributed by atoms with van der Waals surface area (Å²) < 4.78 is 42.5. The van der Waals surface area contributed by atoms with Crippen molar-refractivity contribution >= 4 is 23.4 Å². The molecule has 2 N–H and O–H groups in total. The van der Waals surface area contributed by atoms with Gasteiger partial charge in [0.25, 0.3) is 0 Å². The minimum atomic E-state index is -0.498. The Balaban J connectivity index is 0.00000208. The van der Waals surface area contributed by atoms with Crippen LogP contribution in [0, 0.1) is 11.6 Å². The number of halogens is 4. The number of benzene rings is 2. The highest BCUT2D eigenvalue weighted by Crippen LogP contribution is 2.29. The fourth-order valence-electron chi connectivity index (χ4n) is 2.49. The molecular formula is C17H15ClF3N3. The van der Waals surface area contributed by atoms with Crippen LogP contribution in [0.15, 0.2) is 54.6 Å². The summed E-state index contributed by atoms with van der Waals surface area (Å²) >= 11 is 0. The smallest absolute Gasteiger partial charge is 0.126 e. The van der Waals surface area contributed by atoms with E-state index in [9.17, 15) is 13.2 Å². The molecule has 0 aliphatic heterocycles. The minimum Gasteiger partial charge on any atom is -0.327 e. The normalized spacial score (nSPS) is 11.6. The predicted molar refractivity (Wildman–Crippen MR) is 90.6 cm³/mol. The molecule has 0 aliphatic carbocycles. The summed E-state index contributed by atoms with van der Waals surface area (Å²) in [5, 5.41) is 0. The molecule has 0 bridgehead atoms. The van der Waals surface area contributed by atoms with Gasteiger partial charge in [-0.25, -0.2) is 18.2 Å². The molecule has 24 heavy (non-hydrogen) atoms. The van der Waals surface area contributed by atoms with Crippen LogP contribution in [-0.2, 0) is 6.54 Å². The fraction of sp³-hybridized carbons (Fsp3) is 0.118. The van der Waals surface area contributed by atoms with Crippen LogP contribution in [-0.4, -0.2) is 16.1 Å². The molecule has 0 amide bonds. The molecule has 126 valence electrons. The van der Waals surface area contributed by atoms with Crippen molar-refractivity contribution in [3.8, 4) is 11.1 Å². The van der Waals surface area contributed by atoms with Gasteiger partial charge in [-0.2, -0.15) is 0 Å². The average molecular weight is 354 g/mol. The second-order valence-corrected chi connectivity index (χ2v) is 5.09. The molecule has 0 unspecified atom stereocenters. The Labute approximate surface area is 143 Å². The lowest BCUT2D eigenvalue weighted by molar-refractivity contribution is 0.557. The van der Waals surface area contributed by atoms with E-state index in [1.165, 1.54) is 41.2 Å². The fourth-order valence-corrected chi connectivity index (χ4v) is 2.49. The van der Waals surface area contributed by atoms with Crippen molar-refractivity contribution in [1.29, 1.82) is 0 Å². The van der Waals surface area contributed by atoms with Crippen LogP contribution in [0.4, 0.5) is 13.2 Å². The second kappa shape index (κ2) is 7.51. The van der Waals surface area contributed by atoms with Crippen LogP contribution in [0.5, 0.6) is 0 Å². The Morgan fingerprint density at radius 3 is 2.67 bits per heavy atom. The van der Waals surface area contributed by atoms with Gasteiger partial charge in [0.2, 0.25) is 0 Å². The molecule has 0 aliphatic rings. The second-order valence-electron chi connectivity index (χ2n) is 5.09. The van der Waals surface area contributed by atoms with Crippen LogP contribution >= 0.6 is 12.4 Å². The van der Waals surface area contributed by atoms with Gasteiger partial charge >= 0.3 is 0 Å². The van der Waals surface area contributed by atoms with E-state index in [0.717, 1.165) is 0 Å². The Bertz CT molecular complexity index is 890. The van der Waals surface area contributed by atoms with Crippen molar-refractivity contribution in [2.75, 3.05) is 6.54 Å². The number of hydrogen-bond acceptors (Lipinski definition) is 2. The summed E-state index contributed by atoms with van der Waals surface area (Å²) in [4.78, 5) is 4.23. The summed E-state index contributed by atoms with van der Waals surface area (Å²) in [6.45, 7) is 0.00110. The summed E-state index contributed by atoms with van der Waals surface area (Å²) in [5.41, 5.74) is 7.16. The van der Waals surface area contributed by atoms with E-state index in [2.05, 4.69) is 4.98 Å². The number of fused-ring (bicyclic) bond motifs is 1. The molecule has 0 saturated carbocycles. The Kier molecular flexibility index (Phi) is 5.64. The molecule has 0 atom stereocenters. The first-order chi connectivity index (χ1) is 11.1. The molecule has 0 saturated heterocycles. The first-order valence-electron chi connectivity index (χ1n) is 7.03. The highest BCUT2D eigenvalue weighted by atomic mass is 35.5. The number of hydrogen-bond donors (Lipinski definition) is 1. The third-order valence-corrected chi connectivity index (χ3v) is 3.49. The molecule has 3 rings (SSSR count). The van der Waals surface area contributed by atoms with Crippen molar-refractivity contribution in [3.63, 3.8) is 0 Å². The number of rotatable bonds is 4. The number of nitrogens with two attached hydrogens (primary N) is 1. The van der Waals surface area contributed by atoms with Crippen molar-refractivity contribution < 1.29 is 13.2 Å². The lowest BCUT2D eigenvalue weighted by Crippen LogP contribution is -2.00. The van der Waals surface area contributed by atoms with Crippen LogP contribution in [0.1, 0.15) is 0 Å². The molecule has 0 spiro atoms. The van der Waals surface area contributed by atoms with Crippen LogP contribution < -0.4 is 5.73 Å². The van der Waals surface area contributed by atoms with E-state index in [-0.39, 0.29) is 25.5 Å². The third kappa shape index (κ3) is 3.60. The van der Waals surface area contributed by atoms with Gasteiger partial charge in [-0.15, -0.1) is 12.4 Å². The van der Waals surface area contributed by atoms with Gasteiger partial charge in [0.1, 0.15) is 17.5 Å². The van der Waals surface area contributed by atoms with Crippen LogP contribution in [0.2, 0.25) is 0 Å². The van der Waals surface area contributed by atoms with Gasteiger partial charge in [-0.3, -0.25) is 0 Å². The van der Waals surface area contributed by atoms with Gasteiger partial charge in [-0.05, 0) is 35.9 Å². The van der Waals surface area contributed by atoms with Crippen molar-refractivity contribution in [3.05, 3.63) is 66.3 Å². The number of nitrogens with zero attached hydrogens (tertiary/aromatic N) is 2. The highest BCUT2D eigenvalue weighted by Gasteiger charge is 2.13. The van der Waals surface area contributed by atoms with E-state index in [4.69, 9.17) is 5.73 Å². The van der Waals surface area contributed by atoms with Gasteiger partial charge in [-0.1, -0.05) is 12.1 Å².